The second-order valence-electron chi connectivity index (χ2n) is 3.14. The van der Waals surface area contributed by atoms with E-state index in [4.69, 9.17) is 11.6 Å². The summed E-state index contributed by atoms with van der Waals surface area (Å²) in [5, 5.41) is 10.7. The number of nitrogens with one attached hydrogen (secondary N) is 1. The number of hydrogen-bond acceptors (Lipinski definition) is 4. The molecule has 5 nitrogen and oxygen atoms in total. The summed E-state index contributed by atoms with van der Waals surface area (Å²) in [7, 11) is 0. The van der Waals surface area contributed by atoms with Crippen LogP contribution in [0.25, 0.3) is 0 Å². The molecule has 0 saturated heterocycles. The zero-order chi connectivity index (χ0) is 11.5. The molecule has 2 aromatic rings. The van der Waals surface area contributed by atoms with Gasteiger partial charge in [-0.1, -0.05) is 11.6 Å². The lowest BCUT2D eigenvalue weighted by molar-refractivity contribution is 0.388. The zero-order valence-corrected chi connectivity index (χ0v) is 9.15. The molecule has 0 aliphatic heterocycles. The minimum Gasteiger partial charge on any atom is -0.336 e. The van der Waals surface area contributed by atoms with Gasteiger partial charge in [-0.25, -0.2) is 9.95 Å². The molecule has 2 rings (SSSR count). The Morgan fingerprint density at radius 1 is 1.25 bits per heavy atom. The van der Waals surface area contributed by atoms with Crippen molar-refractivity contribution in [2.75, 3.05) is 0 Å². The van der Waals surface area contributed by atoms with Gasteiger partial charge in [0.05, 0.1) is 11.4 Å². The molecule has 1 aromatic heterocycles. The molecule has 1 N–H and O–H groups in total. The van der Waals surface area contributed by atoms with Gasteiger partial charge in [0.15, 0.2) is 5.69 Å². The minimum atomic E-state index is -0.532. The molecule has 0 spiro atoms. The van der Waals surface area contributed by atoms with Gasteiger partial charge in [0.1, 0.15) is 0 Å². The number of nitrogens with zero attached hydrogens (tertiary/aromatic N) is 2. The van der Waals surface area contributed by atoms with Crippen LogP contribution in [0.5, 0.6) is 0 Å². The average Bonchev–Trinajstić information content (AvgIpc) is 2.59. The van der Waals surface area contributed by atoms with E-state index in [1.54, 1.807) is 31.2 Å². The second kappa shape index (κ2) is 4.32. The maximum Gasteiger partial charge on any atom is 0.384 e. The van der Waals surface area contributed by atoms with Gasteiger partial charge in [-0.05, 0) is 31.2 Å². The summed E-state index contributed by atoms with van der Waals surface area (Å²) in [6, 6.07) is 6.80. The van der Waals surface area contributed by atoms with Gasteiger partial charge >= 0.3 is 5.63 Å². The molecule has 0 aliphatic carbocycles. The van der Waals surface area contributed by atoms with Crippen LogP contribution in [-0.2, 0) is 0 Å². The Morgan fingerprint density at radius 2 is 1.94 bits per heavy atom. The first-order valence-corrected chi connectivity index (χ1v) is 4.90. The number of benzene rings is 1. The van der Waals surface area contributed by atoms with E-state index in [2.05, 4.69) is 19.9 Å². The molecule has 0 aliphatic rings. The predicted octanol–water partition coefficient (Wildman–Crippen LogP) is 3.35. The highest BCUT2D eigenvalue weighted by Gasteiger charge is 2.06. The van der Waals surface area contributed by atoms with E-state index in [0.29, 0.717) is 16.4 Å². The number of aromatic nitrogens is 1. The van der Waals surface area contributed by atoms with Crippen molar-refractivity contribution >= 4 is 23.0 Å². The Bertz CT molecular complexity index is 568. The van der Waals surface area contributed by atoms with Gasteiger partial charge < -0.3 is 4.52 Å². The Balaban J connectivity index is 2.28. The molecule has 1 heterocycles. The van der Waals surface area contributed by atoms with Crippen LogP contribution in [-0.4, -0.2) is 5.16 Å². The molecule has 16 heavy (non-hydrogen) atoms. The van der Waals surface area contributed by atoms with E-state index in [-0.39, 0.29) is 5.69 Å². The summed E-state index contributed by atoms with van der Waals surface area (Å²) in [5.74, 6) is 0. The van der Waals surface area contributed by atoms with Gasteiger partial charge in [0.25, 0.3) is 0 Å². The monoisotopic (exact) mass is 237 g/mol. The van der Waals surface area contributed by atoms with Crippen molar-refractivity contribution in [2.45, 2.75) is 6.92 Å². The van der Waals surface area contributed by atoms with Crippen molar-refractivity contribution in [3.8, 4) is 0 Å². The van der Waals surface area contributed by atoms with Crippen molar-refractivity contribution < 1.29 is 4.52 Å². The molecule has 0 fully saturated rings. The predicted molar refractivity (Wildman–Crippen MR) is 59.7 cm³/mol. The second-order valence-corrected chi connectivity index (χ2v) is 3.58. The van der Waals surface area contributed by atoms with E-state index >= 15 is 0 Å². The summed E-state index contributed by atoms with van der Waals surface area (Å²) in [5.41, 5.74) is 0.803. The van der Waals surface area contributed by atoms with Gasteiger partial charge in [-0.2, -0.15) is 5.11 Å². The van der Waals surface area contributed by atoms with Crippen molar-refractivity contribution in [3.05, 3.63) is 45.4 Å². The summed E-state index contributed by atoms with van der Waals surface area (Å²) in [6.07, 6.45) is 0. The number of hydrogen-bond donors (Lipinski definition) is 1. The standard InChI is InChI=1S/C10H8ClN3O2/c1-6-9(10(15)16-14-6)13-12-8-4-2-7(11)3-5-8/h2-5,14H,1H3. The first kappa shape index (κ1) is 10.6. The third-order valence-electron chi connectivity index (χ3n) is 1.94. The van der Waals surface area contributed by atoms with Crippen LogP contribution in [0.4, 0.5) is 11.4 Å². The Hall–Kier alpha value is -1.88. The van der Waals surface area contributed by atoms with E-state index in [0.717, 1.165) is 0 Å². The topological polar surface area (TPSA) is 70.7 Å². The van der Waals surface area contributed by atoms with E-state index in [1.807, 2.05) is 0 Å². The van der Waals surface area contributed by atoms with Crippen molar-refractivity contribution in [3.63, 3.8) is 0 Å². The zero-order valence-electron chi connectivity index (χ0n) is 8.40. The van der Waals surface area contributed by atoms with Crippen LogP contribution in [0.3, 0.4) is 0 Å². The highest BCUT2D eigenvalue weighted by atomic mass is 35.5. The maximum atomic E-state index is 11.1. The third kappa shape index (κ3) is 2.20. The Kier molecular flexibility index (Phi) is 2.87. The van der Waals surface area contributed by atoms with Crippen LogP contribution in [0.2, 0.25) is 5.02 Å². The number of aryl methyl sites for hydroxylation is 1. The normalized spacial score (nSPS) is 11.1. The molecular weight excluding hydrogens is 230 g/mol. The molecule has 82 valence electrons. The largest absolute Gasteiger partial charge is 0.384 e. The number of rotatable bonds is 2. The van der Waals surface area contributed by atoms with Crippen molar-refractivity contribution in [1.82, 2.24) is 5.16 Å². The fourth-order valence-electron chi connectivity index (χ4n) is 1.10. The Morgan fingerprint density at radius 3 is 2.50 bits per heavy atom. The van der Waals surface area contributed by atoms with Crippen LogP contribution < -0.4 is 5.63 Å². The molecular formula is C10H8ClN3O2. The van der Waals surface area contributed by atoms with Crippen LogP contribution >= 0.6 is 11.6 Å². The SMILES string of the molecule is Cc1[nH]oc(=O)c1N=Nc1ccc(Cl)cc1. The lowest BCUT2D eigenvalue weighted by Crippen LogP contribution is -1.89. The quantitative estimate of drug-likeness (QED) is 0.814. The first-order valence-electron chi connectivity index (χ1n) is 4.52. The first-order chi connectivity index (χ1) is 7.66. The lowest BCUT2D eigenvalue weighted by atomic mass is 10.3. The summed E-state index contributed by atoms with van der Waals surface area (Å²) in [4.78, 5) is 11.1. The average molecular weight is 238 g/mol. The smallest absolute Gasteiger partial charge is 0.336 e. The highest BCUT2D eigenvalue weighted by Crippen LogP contribution is 2.19. The molecule has 0 saturated carbocycles. The number of halogens is 1. The van der Waals surface area contributed by atoms with Crippen molar-refractivity contribution in [1.29, 1.82) is 0 Å². The molecule has 0 radical (unpaired) electrons. The van der Waals surface area contributed by atoms with Gasteiger partial charge in [0, 0.05) is 5.02 Å². The maximum absolute atomic E-state index is 11.1. The fraction of sp³-hybridized carbons (Fsp3) is 0.100. The van der Waals surface area contributed by atoms with Crippen LogP contribution in [0.15, 0.2) is 43.8 Å². The molecule has 0 atom stereocenters. The number of H-pyrrole nitrogens is 1. The lowest BCUT2D eigenvalue weighted by Gasteiger charge is -1.91. The summed E-state index contributed by atoms with van der Waals surface area (Å²) < 4.78 is 4.55. The Labute approximate surface area is 95.7 Å². The van der Waals surface area contributed by atoms with Gasteiger partial charge in [-0.15, -0.1) is 5.11 Å². The summed E-state index contributed by atoms with van der Waals surface area (Å²) >= 11 is 5.72. The van der Waals surface area contributed by atoms with Crippen LogP contribution in [0, 0.1) is 6.92 Å². The molecule has 0 amide bonds. The number of azo groups is 1. The van der Waals surface area contributed by atoms with E-state index < -0.39 is 5.63 Å². The highest BCUT2D eigenvalue weighted by molar-refractivity contribution is 6.30. The van der Waals surface area contributed by atoms with Crippen molar-refractivity contribution in [2.24, 2.45) is 10.2 Å². The van der Waals surface area contributed by atoms with E-state index in [1.165, 1.54) is 0 Å². The van der Waals surface area contributed by atoms with Gasteiger partial charge in [-0.3, -0.25) is 0 Å². The molecule has 1 aromatic carbocycles. The van der Waals surface area contributed by atoms with E-state index in [9.17, 15) is 4.79 Å². The minimum absolute atomic E-state index is 0.176. The molecule has 0 bridgehead atoms. The third-order valence-corrected chi connectivity index (χ3v) is 2.19. The van der Waals surface area contributed by atoms with Gasteiger partial charge in [0.2, 0.25) is 0 Å². The molecule has 6 heteroatoms. The van der Waals surface area contributed by atoms with Crippen LogP contribution in [0.1, 0.15) is 5.69 Å². The number of aromatic amines is 1. The summed E-state index contributed by atoms with van der Waals surface area (Å²) in [6.45, 7) is 1.68. The molecule has 0 unspecified atom stereocenters. The fourth-order valence-corrected chi connectivity index (χ4v) is 1.23.